The number of aromatic nitrogens is 2. The number of ether oxygens (including phenoxy) is 1. The number of H-pyrrole nitrogens is 1. The summed E-state index contributed by atoms with van der Waals surface area (Å²) in [4.78, 5) is 19.9. The van der Waals surface area contributed by atoms with Crippen molar-refractivity contribution in [2.24, 2.45) is 0 Å². The second kappa shape index (κ2) is 9.89. The number of methoxy groups -OCH3 is 1. The third-order valence-electron chi connectivity index (χ3n) is 7.22. The van der Waals surface area contributed by atoms with Crippen LogP contribution in [0, 0.1) is 0 Å². The maximum atomic E-state index is 13.2. The summed E-state index contributed by atoms with van der Waals surface area (Å²) in [5.41, 5.74) is 5.34. The molecule has 2 aliphatic rings. The van der Waals surface area contributed by atoms with E-state index in [2.05, 4.69) is 45.2 Å². The monoisotopic (exact) mass is 459 g/mol. The summed E-state index contributed by atoms with van der Waals surface area (Å²) < 4.78 is 5.39. The highest BCUT2D eigenvalue weighted by Gasteiger charge is 2.27. The molecule has 0 aliphatic carbocycles. The van der Waals surface area contributed by atoms with Crippen molar-refractivity contribution < 1.29 is 9.53 Å². The molecule has 0 saturated carbocycles. The number of rotatable bonds is 5. The Bertz CT molecular complexity index is 1110. The SMILES string of the molecule is COc1cccc(-c2cn[nH]c2C2CCN(C(=O)c3ccc(N4CCN(C)CC4)cc3)CC2)c1. The molecule has 5 rings (SSSR count). The van der Waals surface area contributed by atoms with Gasteiger partial charge in [0.25, 0.3) is 5.91 Å². The number of likely N-dealkylation sites (N-methyl/N-ethyl adjacent to an activating group) is 1. The van der Waals surface area contributed by atoms with E-state index in [1.807, 2.05) is 41.4 Å². The molecule has 2 aromatic carbocycles. The fraction of sp³-hybridized carbons (Fsp3) is 0.407. The minimum atomic E-state index is 0.126. The Kier molecular flexibility index (Phi) is 6.54. The van der Waals surface area contributed by atoms with E-state index < -0.39 is 0 Å². The van der Waals surface area contributed by atoms with Gasteiger partial charge in [-0.25, -0.2) is 0 Å². The first-order chi connectivity index (χ1) is 16.6. The molecule has 34 heavy (non-hydrogen) atoms. The first kappa shape index (κ1) is 22.5. The molecule has 7 heteroatoms. The van der Waals surface area contributed by atoms with Crippen LogP contribution in [0.1, 0.15) is 34.8 Å². The molecule has 1 aromatic heterocycles. The number of nitrogens with one attached hydrogen (secondary N) is 1. The van der Waals surface area contributed by atoms with Crippen molar-refractivity contribution in [1.82, 2.24) is 20.0 Å². The fourth-order valence-electron chi connectivity index (χ4n) is 5.06. The summed E-state index contributed by atoms with van der Waals surface area (Å²) in [6, 6.07) is 16.2. The minimum absolute atomic E-state index is 0.126. The zero-order chi connectivity index (χ0) is 23.5. The van der Waals surface area contributed by atoms with Gasteiger partial charge in [0.2, 0.25) is 0 Å². The van der Waals surface area contributed by atoms with Gasteiger partial charge in [-0.1, -0.05) is 12.1 Å². The smallest absolute Gasteiger partial charge is 0.253 e. The molecular formula is C27H33N5O2. The van der Waals surface area contributed by atoms with E-state index in [4.69, 9.17) is 4.74 Å². The number of likely N-dealkylation sites (tertiary alicyclic amines) is 1. The third-order valence-corrected chi connectivity index (χ3v) is 7.22. The number of benzene rings is 2. The van der Waals surface area contributed by atoms with Crippen LogP contribution in [0.3, 0.4) is 0 Å². The summed E-state index contributed by atoms with van der Waals surface area (Å²) in [5, 5.41) is 7.55. The second-order valence-electron chi connectivity index (χ2n) is 9.33. The van der Waals surface area contributed by atoms with Crippen molar-refractivity contribution in [2.75, 3.05) is 58.3 Å². The molecule has 0 radical (unpaired) electrons. The largest absolute Gasteiger partial charge is 0.497 e. The standard InChI is InChI=1S/C27H33N5O2/c1-30-14-16-31(17-15-30)23-8-6-21(7-9-23)27(33)32-12-10-20(11-13-32)26-25(19-28-29-26)22-4-3-5-24(18-22)34-2/h3-9,18-20H,10-17H2,1-2H3,(H,28,29). The molecular weight excluding hydrogens is 426 g/mol. The molecule has 0 atom stereocenters. The Labute approximate surface area is 201 Å². The normalized spacial score (nSPS) is 17.7. The van der Waals surface area contributed by atoms with E-state index >= 15 is 0 Å². The molecule has 1 N–H and O–H groups in total. The van der Waals surface area contributed by atoms with Crippen LogP contribution in [0.2, 0.25) is 0 Å². The van der Waals surface area contributed by atoms with Crippen molar-refractivity contribution >= 4 is 11.6 Å². The van der Waals surface area contributed by atoms with Crippen LogP contribution in [0.4, 0.5) is 5.69 Å². The van der Waals surface area contributed by atoms with Crippen molar-refractivity contribution in [3.63, 3.8) is 0 Å². The van der Waals surface area contributed by atoms with Gasteiger partial charge >= 0.3 is 0 Å². The highest BCUT2D eigenvalue weighted by atomic mass is 16.5. The van der Waals surface area contributed by atoms with E-state index in [0.717, 1.165) is 80.2 Å². The van der Waals surface area contributed by atoms with Gasteiger partial charge in [0, 0.05) is 67.7 Å². The number of anilines is 1. The van der Waals surface area contributed by atoms with Gasteiger partial charge in [-0.15, -0.1) is 0 Å². The molecule has 3 aromatic rings. The molecule has 0 bridgehead atoms. The van der Waals surface area contributed by atoms with Crippen LogP contribution in [-0.4, -0.2) is 79.3 Å². The van der Waals surface area contributed by atoms with Gasteiger partial charge < -0.3 is 19.4 Å². The van der Waals surface area contributed by atoms with Crippen molar-refractivity contribution in [2.45, 2.75) is 18.8 Å². The minimum Gasteiger partial charge on any atom is -0.497 e. The highest BCUT2D eigenvalue weighted by Crippen LogP contribution is 2.35. The van der Waals surface area contributed by atoms with E-state index in [1.54, 1.807) is 7.11 Å². The first-order valence-corrected chi connectivity index (χ1v) is 12.1. The molecule has 2 fully saturated rings. The zero-order valence-electron chi connectivity index (χ0n) is 20.0. The maximum Gasteiger partial charge on any atom is 0.253 e. The van der Waals surface area contributed by atoms with Crippen LogP contribution in [0.15, 0.2) is 54.7 Å². The number of hydrogen-bond acceptors (Lipinski definition) is 5. The zero-order valence-corrected chi connectivity index (χ0v) is 20.0. The molecule has 0 unspecified atom stereocenters. The second-order valence-corrected chi connectivity index (χ2v) is 9.33. The lowest BCUT2D eigenvalue weighted by molar-refractivity contribution is 0.0712. The van der Waals surface area contributed by atoms with Gasteiger partial charge in [-0.2, -0.15) is 5.10 Å². The van der Waals surface area contributed by atoms with Gasteiger partial charge in [0.15, 0.2) is 0 Å². The quantitative estimate of drug-likeness (QED) is 0.628. The van der Waals surface area contributed by atoms with Gasteiger partial charge in [0.05, 0.1) is 13.3 Å². The van der Waals surface area contributed by atoms with Crippen molar-refractivity contribution in [3.05, 3.63) is 66.0 Å². The van der Waals surface area contributed by atoms with E-state index in [0.29, 0.717) is 5.92 Å². The number of nitrogens with zero attached hydrogens (tertiary/aromatic N) is 4. The Morgan fingerprint density at radius 3 is 2.44 bits per heavy atom. The summed E-state index contributed by atoms with van der Waals surface area (Å²) >= 11 is 0. The van der Waals surface area contributed by atoms with Gasteiger partial charge in [-0.3, -0.25) is 9.89 Å². The summed E-state index contributed by atoms with van der Waals surface area (Å²) in [6.07, 6.45) is 3.73. The molecule has 2 aliphatic heterocycles. The lowest BCUT2D eigenvalue weighted by Crippen LogP contribution is -2.44. The molecule has 3 heterocycles. The lowest BCUT2D eigenvalue weighted by Gasteiger charge is -2.34. The number of carbonyl (C=O) groups is 1. The van der Waals surface area contributed by atoms with E-state index in [1.165, 1.54) is 5.69 Å². The summed E-state index contributed by atoms with van der Waals surface area (Å²) in [5.74, 6) is 1.32. The Balaban J connectivity index is 1.21. The third kappa shape index (κ3) is 4.66. The Morgan fingerprint density at radius 1 is 1.00 bits per heavy atom. The average Bonchev–Trinajstić information content (AvgIpc) is 3.39. The number of amides is 1. The van der Waals surface area contributed by atoms with Gasteiger partial charge in [0.1, 0.15) is 5.75 Å². The number of piperidine rings is 1. The number of hydrogen-bond donors (Lipinski definition) is 1. The molecule has 1 amide bonds. The van der Waals surface area contributed by atoms with Crippen LogP contribution < -0.4 is 9.64 Å². The maximum absolute atomic E-state index is 13.2. The fourth-order valence-corrected chi connectivity index (χ4v) is 5.06. The van der Waals surface area contributed by atoms with Crippen LogP contribution >= 0.6 is 0 Å². The molecule has 0 spiro atoms. The van der Waals surface area contributed by atoms with Crippen LogP contribution in [0.25, 0.3) is 11.1 Å². The van der Waals surface area contributed by atoms with Crippen LogP contribution in [0.5, 0.6) is 5.75 Å². The topological polar surface area (TPSA) is 64.7 Å². The van der Waals surface area contributed by atoms with Crippen LogP contribution in [-0.2, 0) is 0 Å². The number of piperazine rings is 1. The number of aromatic amines is 1. The van der Waals surface area contributed by atoms with E-state index in [9.17, 15) is 4.79 Å². The van der Waals surface area contributed by atoms with E-state index in [-0.39, 0.29) is 5.91 Å². The van der Waals surface area contributed by atoms with Gasteiger partial charge in [-0.05, 0) is 61.9 Å². The average molecular weight is 460 g/mol. The van der Waals surface area contributed by atoms with Crippen molar-refractivity contribution in [3.8, 4) is 16.9 Å². The number of carbonyl (C=O) groups excluding carboxylic acids is 1. The molecule has 178 valence electrons. The Morgan fingerprint density at radius 2 is 1.74 bits per heavy atom. The first-order valence-electron chi connectivity index (χ1n) is 12.1. The van der Waals surface area contributed by atoms with Crippen molar-refractivity contribution in [1.29, 1.82) is 0 Å². The predicted octanol–water partition coefficient (Wildman–Crippen LogP) is 3.86. The highest BCUT2D eigenvalue weighted by molar-refractivity contribution is 5.94. The predicted molar refractivity (Wildman–Crippen MR) is 135 cm³/mol. The summed E-state index contributed by atoms with van der Waals surface area (Å²) in [7, 11) is 3.84. The summed E-state index contributed by atoms with van der Waals surface area (Å²) in [6.45, 7) is 5.71. The lowest BCUT2D eigenvalue weighted by atomic mass is 9.89. The Hall–Kier alpha value is -3.32. The molecule has 2 saturated heterocycles. The molecule has 7 nitrogen and oxygen atoms in total.